The number of halogens is 2. The van der Waals surface area contributed by atoms with Crippen molar-refractivity contribution < 1.29 is 14.7 Å². The second-order valence-electron chi connectivity index (χ2n) is 4.66. The number of amides is 2. The van der Waals surface area contributed by atoms with Crippen LogP contribution in [0.25, 0.3) is 0 Å². The molecule has 0 saturated carbocycles. The minimum atomic E-state index is -1.20. The molecule has 21 heavy (non-hydrogen) atoms. The summed E-state index contributed by atoms with van der Waals surface area (Å²) in [5.41, 5.74) is -0.0520. The highest BCUT2D eigenvalue weighted by atomic mass is 35.5. The second kappa shape index (κ2) is 6.77. The Bertz CT molecular complexity index is 583. The number of rotatable bonds is 2. The number of anilines is 1. The van der Waals surface area contributed by atoms with Gasteiger partial charge in [0.05, 0.1) is 16.3 Å². The number of aromatic carboxylic acids is 1. The lowest BCUT2D eigenvalue weighted by Gasteiger charge is -2.33. The van der Waals surface area contributed by atoms with E-state index < -0.39 is 5.97 Å². The zero-order valence-electron chi connectivity index (χ0n) is 11.2. The van der Waals surface area contributed by atoms with Crippen LogP contribution in [0.5, 0.6) is 0 Å². The van der Waals surface area contributed by atoms with E-state index in [9.17, 15) is 14.7 Å². The fourth-order valence-corrected chi connectivity index (χ4v) is 3.63. The van der Waals surface area contributed by atoms with Gasteiger partial charge in [0.25, 0.3) is 0 Å². The smallest absolute Gasteiger partial charge is 0.337 e. The topological polar surface area (TPSA) is 69.6 Å². The van der Waals surface area contributed by atoms with E-state index in [1.807, 2.05) is 6.92 Å². The van der Waals surface area contributed by atoms with Gasteiger partial charge >= 0.3 is 12.0 Å². The van der Waals surface area contributed by atoms with Crippen molar-refractivity contribution in [3.05, 3.63) is 27.7 Å². The third kappa shape index (κ3) is 3.75. The summed E-state index contributed by atoms with van der Waals surface area (Å²) in [6.45, 7) is 2.57. The highest BCUT2D eigenvalue weighted by Gasteiger charge is 2.25. The first-order chi connectivity index (χ1) is 9.90. The summed E-state index contributed by atoms with van der Waals surface area (Å²) in [6.07, 6.45) is 0. The lowest BCUT2D eigenvalue weighted by molar-refractivity contribution is 0.0698. The molecule has 0 aliphatic carbocycles. The molecule has 5 nitrogen and oxygen atoms in total. The number of nitrogens with one attached hydrogen (secondary N) is 1. The van der Waals surface area contributed by atoms with Gasteiger partial charge in [-0.25, -0.2) is 9.59 Å². The Morgan fingerprint density at radius 2 is 2.14 bits per heavy atom. The van der Waals surface area contributed by atoms with Gasteiger partial charge in [0, 0.05) is 29.1 Å². The summed E-state index contributed by atoms with van der Waals surface area (Å²) in [4.78, 5) is 25.2. The molecule has 1 aromatic rings. The minimum Gasteiger partial charge on any atom is -0.478 e. The predicted octanol–water partition coefficient (Wildman–Crippen LogP) is 3.66. The summed E-state index contributed by atoms with van der Waals surface area (Å²) < 4.78 is 0. The summed E-state index contributed by atoms with van der Waals surface area (Å²) >= 11 is 13.6. The first kappa shape index (κ1) is 16.3. The van der Waals surface area contributed by atoms with Crippen LogP contribution in [0.1, 0.15) is 17.3 Å². The van der Waals surface area contributed by atoms with Crippen LogP contribution in [0.15, 0.2) is 12.1 Å². The van der Waals surface area contributed by atoms with Gasteiger partial charge in [-0.3, -0.25) is 0 Å². The second-order valence-corrected chi connectivity index (χ2v) is 6.66. The summed E-state index contributed by atoms with van der Waals surface area (Å²) in [6, 6.07) is 2.40. The van der Waals surface area contributed by atoms with Crippen molar-refractivity contribution in [2.45, 2.75) is 13.0 Å². The number of carboxylic acid groups (broad SMARTS) is 1. The van der Waals surface area contributed by atoms with Crippen molar-refractivity contribution in [2.24, 2.45) is 0 Å². The number of thioether (sulfide) groups is 1. The van der Waals surface area contributed by atoms with E-state index in [1.165, 1.54) is 12.1 Å². The zero-order chi connectivity index (χ0) is 15.6. The van der Waals surface area contributed by atoms with Crippen molar-refractivity contribution in [1.82, 2.24) is 4.90 Å². The van der Waals surface area contributed by atoms with Crippen LogP contribution in [0.3, 0.4) is 0 Å². The Morgan fingerprint density at radius 3 is 2.76 bits per heavy atom. The molecule has 1 fully saturated rings. The summed E-state index contributed by atoms with van der Waals surface area (Å²) in [5, 5.41) is 12.1. The largest absolute Gasteiger partial charge is 0.478 e. The average molecular weight is 349 g/mol. The van der Waals surface area contributed by atoms with Gasteiger partial charge in [-0.1, -0.05) is 23.2 Å². The number of carboxylic acids is 1. The number of hydrogen-bond acceptors (Lipinski definition) is 3. The molecule has 1 aliphatic heterocycles. The first-order valence-corrected chi connectivity index (χ1v) is 8.19. The molecule has 114 valence electrons. The minimum absolute atomic E-state index is 0.0731. The number of carbonyl (C=O) groups is 2. The third-order valence-corrected chi connectivity index (χ3v) is 4.85. The fourth-order valence-electron chi connectivity index (χ4n) is 2.08. The Hall–Kier alpha value is -1.11. The molecule has 2 N–H and O–H groups in total. The molecule has 8 heteroatoms. The van der Waals surface area contributed by atoms with E-state index in [-0.39, 0.29) is 33.4 Å². The zero-order valence-corrected chi connectivity index (χ0v) is 13.6. The molecule has 0 bridgehead atoms. The van der Waals surface area contributed by atoms with Crippen LogP contribution in [-0.2, 0) is 0 Å². The van der Waals surface area contributed by atoms with Gasteiger partial charge in [0.15, 0.2) is 0 Å². The summed E-state index contributed by atoms with van der Waals surface area (Å²) in [5.74, 6) is 0.516. The molecule has 1 saturated heterocycles. The lowest BCUT2D eigenvalue weighted by Crippen LogP contribution is -2.46. The van der Waals surface area contributed by atoms with Gasteiger partial charge in [0.2, 0.25) is 0 Å². The molecule has 1 aromatic carbocycles. The standard InChI is InChI=1S/C13H14Cl2N2O3S/c1-7-6-21-3-2-17(7)13(20)16-11-9(12(18)19)4-8(14)5-10(11)15/h4-5,7H,2-3,6H2,1H3,(H,16,20)(H,18,19). The summed E-state index contributed by atoms with van der Waals surface area (Å²) in [7, 11) is 0. The quantitative estimate of drug-likeness (QED) is 0.855. The van der Waals surface area contributed by atoms with E-state index in [0.717, 1.165) is 11.5 Å². The highest BCUT2D eigenvalue weighted by Crippen LogP contribution is 2.31. The van der Waals surface area contributed by atoms with E-state index >= 15 is 0 Å². The van der Waals surface area contributed by atoms with E-state index in [0.29, 0.717) is 6.54 Å². The maximum atomic E-state index is 12.3. The molecule has 1 heterocycles. The number of hydrogen-bond donors (Lipinski definition) is 2. The van der Waals surface area contributed by atoms with Crippen molar-refractivity contribution in [2.75, 3.05) is 23.4 Å². The molecule has 1 atom stereocenters. The van der Waals surface area contributed by atoms with E-state index in [1.54, 1.807) is 16.7 Å². The molecule has 0 radical (unpaired) electrons. The van der Waals surface area contributed by atoms with E-state index in [4.69, 9.17) is 23.2 Å². The molecule has 0 spiro atoms. The van der Waals surface area contributed by atoms with Crippen LogP contribution >= 0.6 is 35.0 Å². The van der Waals surface area contributed by atoms with Gasteiger partial charge in [0.1, 0.15) is 0 Å². The maximum absolute atomic E-state index is 12.3. The third-order valence-electron chi connectivity index (χ3n) is 3.15. The van der Waals surface area contributed by atoms with Gasteiger partial charge in [-0.15, -0.1) is 0 Å². The first-order valence-electron chi connectivity index (χ1n) is 6.28. The van der Waals surface area contributed by atoms with Crippen molar-refractivity contribution >= 4 is 52.7 Å². The Kier molecular flexibility index (Phi) is 5.24. The SMILES string of the molecule is CC1CSCCN1C(=O)Nc1c(Cl)cc(Cl)cc1C(=O)O. The normalized spacial score (nSPS) is 18.4. The molecule has 2 amide bonds. The Labute approximate surface area is 136 Å². The number of urea groups is 1. The highest BCUT2D eigenvalue weighted by molar-refractivity contribution is 7.99. The van der Waals surface area contributed by atoms with Gasteiger partial charge in [-0.2, -0.15) is 11.8 Å². The van der Waals surface area contributed by atoms with Gasteiger partial charge in [-0.05, 0) is 19.1 Å². The van der Waals surface area contributed by atoms with Crippen molar-refractivity contribution in [3.63, 3.8) is 0 Å². The van der Waals surface area contributed by atoms with Gasteiger partial charge < -0.3 is 15.3 Å². The predicted molar refractivity (Wildman–Crippen MR) is 85.9 cm³/mol. The van der Waals surface area contributed by atoms with Crippen LogP contribution in [-0.4, -0.2) is 46.1 Å². The Balaban J connectivity index is 2.26. The van der Waals surface area contributed by atoms with Crippen LogP contribution in [0.2, 0.25) is 10.0 Å². The van der Waals surface area contributed by atoms with Crippen LogP contribution < -0.4 is 5.32 Å². The fraction of sp³-hybridized carbons (Fsp3) is 0.385. The number of carbonyl (C=O) groups excluding carboxylic acids is 1. The molecule has 1 unspecified atom stereocenters. The molecular formula is C13H14Cl2N2O3S. The van der Waals surface area contributed by atoms with Crippen LogP contribution in [0, 0.1) is 0 Å². The molecule has 0 aromatic heterocycles. The lowest BCUT2D eigenvalue weighted by atomic mass is 10.1. The van der Waals surface area contributed by atoms with E-state index in [2.05, 4.69) is 5.32 Å². The van der Waals surface area contributed by atoms with Crippen LogP contribution in [0.4, 0.5) is 10.5 Å². The molecule has 2 rings (SSSR count). The number of nitrogens with zero attached hydrogens (tertiary/aromatic N) is 1. The van der Waals surface area contributed by atoms with Crippen molar-refractivity contribution in [3.8, 4) is 0 Å². The Morgan fingerprint density at radius 1 is 1.43 bits per heavy atom. The average Bonchev–Trinajstić information content (AvgIpc) is 2.41. The maximum Gasteiger partial charge on any atom is 0.337 e. The van der Waals surface area contributed by atoms with Crippen molar-refractivity contribution in [1.29, 1.82) is 0 Å². The number of benzene rings is 1. The monoisotopic (exact) mass is 348 g/mol. The molecular weight excluding hydrogens is 335 g/mol. The molecule has 1 aliphatic rings.